The van der Waals surface area contributed by atoms with E-state index in [1.54, 1.807) is 13.0 Å². The van der Waals surface area contributed by atoms with Crippen molar-refractivity contribution < 1.29 is 13.2 Å². The summed E-state index contributed by atoms with van der Waals surface area (Å²) in [4.78, 5) is 11.7. The van der Waals surface area contributed by atoms with Crippen LogP contribution in [0.4, 0.5) is 5.69 Å². The Labute approximate surface area is 121 Å². The molecule has 0 unspecified atom stereocenters. The standard InChI is InChI=1S/C12H17BrN2O3S/c1-3-4-5-12(16)15-10-6-8(2)11(7-9(10)13)19(14,17)18/h6-7H,3-5H2,1-2H3,(H,15,16)(H2,14,17,18). The molecule has 0 bridgehead atoms. The second-order valence-electron chi connectivity index (χ2n) is 4.29. The number of primary sulfonamides is 1. The molecular weight excluding hydrogens is 332 g/mol. The number of hydrogen-bond acceptors (Lipinski definition) is 3. The number of carbonyl (C=O) groups excluding carboxylic acids is 1. The maximum absolute atomic E-state index is 11.6. The Kier molecular flexibility index (Phi) is 5.51. The highest BCUT2D eigenvalue weighted by Gasteiger charge is 2.15. The van der Waals surface area contributed by atoms with Crippen molar-refractivity contribution in [3.63, 3.8) is 0 Å². The Balaban J connectivity index is 3.00. The lowest BCUT2D eigenvalue weighted by molar-refractivity contribution is -0.116. The third-order valence-electron chi connectivity index (χ3n) is 2.60. The summed E-state index contributed by atoms with van der Waals surface area (Å²) >= 11 is 3.24. The number of aryl methyl sites for hydroxylation is 1. The number of amides is 1. The SMILES string of the molecule is CCCCC(=O)Nc1cc(C)c(S(N)(=O)=O)cc1Br. The number of halogens is 1. The van der Waals surface area contributed by atoms with Gasteiger partial charge in [-0.1, -0.05) is 13.3 Å². The van der Waals surface area contributed by atoms with E-state index in [0.29, 0.717) is 22.1 Å². The largest absolute Gasteiger partial charge is 0.325 e. The monoisotopic (exact) mass is 348 g/mol. The molecule has 1 aromatic rings. The van der Waals surface area contributed by atoms with Crippen LogP contribution in [-0.2, 0) is 14.8 Å². The van der Waals surface area contributed by atoms with Gasteiger partial charge in [0, 0.05) is 10.9 Å². The van der Waals surface area contributed by atoms with Crippen LogP contribution in [0, 0.1) is 6.92 Å². The Morgan fingerprint density at radius 1 is 1.42 bits per heavy atom. The van der Waals surface area contributed by atoms with Crippen LogP contribution < -0.4 is 10.5 Å². The molecular formula is C12H17BrN2O3S. The molecule has 1 rings (SSSR count). The molecule has 0 aliphatic rings. The molecule has 0 fully saturated rings. The van der Waals surface area contributed by atoms with Crippen LogP contribution in [0.1, 0.15) is 31.7 Å². The second-order valence-corrected chi connectivity index (χ2v) is 6.68. The highest BCUT2D eigenvalue weighted by Crippen LogP contribution is 2.28. The highest BCUT2D eigenvalue weighted by molar-refractivity contribution is 9.10. The Hall–Kier alpha value is -0.920. The first-order valence-electron chi connectivity index (χ1n) is 5.88. The fourth-order valence-corrected chi connectivity index (χ4v) is 3.00. The fraction of sp³-hybridized carbons (Fsp3) is 0.417. The molecule has 1 aromatic carbocycles. The van der Waals surface area contributed by atoms with Gasteiger partial charge < -0.3 is 5.32 Å². The minimum Gasteiger partial charge on any atom is -0.325 e. The van der Waals surface area contributed by atoms with Gasteiger partial charge in [0.15, 0.2) is 0 Å². The second kappa shape index (κ2) is 6.49. The third kappa shape index (κ3) is 4.59. The zero-order valence-corrected chi connectivity index (χ0v) is 13.3. The van der Waals surface area contributed by atoms with Crippen LogP contribution in [0.25, 0.3) is 0 Å². The molecule has 19 heavy (non-hydrogen) atoms. The normalized spacial score (nSPS) is 11.4. The Morgan fingerprint density at radius 2 is 2.05 bits per heavy atom. The molecule has 1 amide bonds. The molecule has 0 atom stereocenters. The molecule has 0 heterocycles. The zero-order valence-electron chi connectivity index (χ0n) is 10.9. The van der Waals surface area contributed by atoms with E-state index in [-0.39, 0.29) is 10.8 Å². The van der Waals surface area contributed by atoms with E-state index in [1.807, 2.05) is 6.92 Å². The first-order chi connectivity index (χ1) is 8.75. The number of rotatable bonds is 5. The molecule has 0 spiro atoms. The number of sulfonamides is 1. The molecule has 7 heteroatoms. The van der Waals surface area contributed by atoms with Gasteiger partial charge in [0.25, 0.3) is 0 Å². The fourth-order valence-electron chi connectivity index (χ4n) is 1.62. The minimum atomic E-state index is -3.76. The number of benzene rings is 1. The van der Waals surface area contributed by atoms with E-state index in [1.165, 1.54) is 6.07 Å². The Bertz CT molecular complexity index is 585. The molecule has 0 aliphatic heterocycles. The maximum Gasteiger partial charge on any atom is 0.238 e. The van der Waals surface area contributed by atoms with Crippen molar-refractivity contribution in [2.24, 2.45) is 5.14 Å². The van der Waals surface area contributed by atoms with Crippen molar-refractivity contribution in [1.82, 2.24) is 0 Å². The minimum absolute atomic E-state index is 0.0472. The topological polar surface area (TPSA) is 89.3 Å². The van der Waals surface area contributed by atoms with Crippen molar-refractivity contribution in [1.29, 1.82) is 0 Å². The number of unbranched alkanes of at least 4 members (excludes halogenated alkanes) is 1. The van der Waals surface area contributed by atoms with Crippen LogP contribution in [0.3, 0.4) is 0 Å². The Morgan fingerprint density at radius 3 is 2.58 bits per heavy atom. The van der Waals surface area contributed by atoms with E-state index < -0.39 is 10.0 Å². The molecule has 0 aliphatic carbocycles. The zero-order chi connectivity index (χ0) is 14.6. The van der Waals surface area contributed by atoms with Gasteiger partial charge in [-0.05, 0) is 47.0 Å². The summed E-state index contributed by atoms with van der Waals surface area (Å²) in [5.74, 6) is -0.0923. The smallest absolute Gasteiger partial charge is 0.238 e. The van der Waals surface area contributed by atoms with Gasteiger partial charge in [-0.25, -0.2) is 13.6 Å². The van der Waals surface area contributed by atoms with Crippen LogP contribution in [0.15, 0.2) is 21.5 Å². The van der Waals surface area contributed by atoms with Crippen molar-refractivity contribution in [3.05, 3.63) is 22.2 Å². The third-order valence-corrected chi connectivity index (χ3v) is 4.31. The van der Waals surface area contributed by atoms with Crippen LogP contribution in [0.5, 0.6) is 0 Å². The molecule has 0 saturated carbocycles. The van der Waals surface area contributed by atoms with E-state index in [2.05, 4.69) is 21.2 Å². The van der Waals surface area contributed by atoms with Crippen LogP contribution in [0.2, 0.25) is 0 Å². The predicted octanol–water partition coefficient (Wildman–Crippen LogP) is 2.53. The average molecular weight is 349 g/mol. The molecule has 5 nitrogen and oxygen atoms in total. The van der Waals surface area contributed by atoms with Crippen molar-refractivity contribution in [3.8, 4) is 0 Å². The molecule has 3 N–H and O–H groups in total. The summed E-state index contributed by atoms with van der Waals surface area (Å²) in [6, 6.07) is 2.99. The van der Waals surface area contributed by atoms with Gasteiger partial charge in [0.2, 0.25) is 15.9 Å². The number of anilines is 1. The van der Waals surface area contributed by atoms with Crippen LogP contribution >= 0.6 is 15.9 Å². The number of nitrogens with one attached hydrogen (secondary N) is 1. The van der Waals surface area contributed by atoms with E-state index in [4.69, 9.17) is 5.14 Å². The lowest BCUT2D eigenvalue weighted by Gasteiger charge is -2.11. The molecule has 106 valence electrons. The maximum atomic E-state index is 11.6. The summed E-state index contributed by atoms with van der Waals surface area (Å²) in [7, 11) is -3.76. The lowest BCUT2D eigenvalue weighted by atomic mass is 10.2. The van der Waals surface area contributed by atoms with Gasteiger partial charge in [-0.15, -0.1) is 0 Å². The number of carbonyl (C=O) groups is 1. The summed E-state index contributed by atoms with van der Waals surface area (Å²) in [6.07, 6.45) is 2.20. The van der Waals surface area contributed by atoms with Gasteiger partial charge in [0.1, 0.15) is 0 Å². The van der Waals surface area contributed by atoms with Gasteiger partial charge in [-0.2, -0.15) is 0 Å². The summed E-state index contributed by atoms with van der Waals surface area (Å²) < 4.78 is 23.2. The van der Waals surface area contributed by atoms with Crippen LogP contribution in [-0.4, -0.2) is 14.3 Å². The van der Waals surface area contributed by atoms with Gasteiger partial charge >= 0.3 is 0 Å². The summed E-state index contributed by atoms with van der Waals surface area (Å²) in [6.45, 7) is 3.64. The van der Waals surface area contributed by atoms with Crippen molar-refractivity contribution in [2.75, 3.05) is 5.32 Å². The quantitative estimate of drug-likeness (QED) is 0.856. The number of hydrogen-bond donors (Lipinski definition) is 2. The number of nitrogens with two attached hydrogens (primary N) is 1. The molecule has 0 aromatic heterocycles. The summed E-state index contributed by atoms with van der Waals surface area (Å²) in [5, 5.41) is 7.85. The first kappa shape index (κ1) is 16.1. The first-order valence-corrected chi connectivity index (χ1v) is 8.22. The van der Waals surface area contributed by atoms with Crippen molar-refractivity contribution >= 4 is 37.5 Å². The summed E-state index contributed by atoms with van der Waals surface area (Å²) in [5.41, 5.74) is 1.04. The molecule has 0 radical (unpaired) electrons. The predicted molar refractivity (Wildman–Crippen MR) is 78.4 cm³/mol. The average Bonchev–Trinajstić information content (AvgIpc) is 2.29. The van der Waals surface area contributed by atoms with E-state index in [0.717, 1.165) is 12.8 Å². The van der Waals surface area contributed by atoms with E-state index >= 15 is 0 Å². The van der Waals surface area contributed by atoms with Gasteiger partial charge in [-0.3, -0.25) is 4.79 Å². The molecule has 0 saturated heterocycles. The van der Waals surface area contributed by atoms with Gasteiger partial charge in [0.05, 0.1) is 10.6 Å². The highest BCUT2D eigenvalue weighted by atomic mass is 79.9. The van der Waals surface area contributed by atoms with Crippen molar-refractivity contribution in [2.45, 2.75) is 38.0 Å². The lowest BCUT2D eigenvalue weighted by Crippen LogP contribution is -2.15. The van der Waals surface area contributed by atoms with E-state index in [9.17, 15) is 13.2 Å².